The highest BCUT2D eigenvalue weighted by Gasteiger charge is 2.44. The third-order valence-corrected chi connectivity index (χ3v) is 4.84. The quantitative estimate of drug-likeness (QED) is 0.788. The highest BCUT2D eigenvalue weighted by molar-refractivity contribution is 5.80. The summed E-state index contributed by atoms with van der Waals surface area (Å²) in [5.41, 5.74) is 0. The summed E-state index contributed by atoms with van der Waals surface area (Å²) in [5.74, 6) is 0.587. The summed E-state index contributed by atoms with van der Waals surface area (Å²) in [6.45, 7) is 4.34. The highest BCUT2D eigenvalue weighted by atomic mass is 16.2. The lowest BCUT2D eigenvalue weighted by atomic mass is 9.88. The number of piperazine rings is 1. The number of carbonyl (C=O) groups is 1. The molecular weight excluding hydrogens is 240 g/mol. The van der Waals surface area contributed by atoms with Crippen molar-refractivity contribution in [3.05, 3.63) is 0 Å². The van der Waals surface area contributed by atoms with E-state index in [1.807, 2.05) is 4.90 Å². The average Bonchev–Trinajstić information content (AvgIpc) is 3.07. The number of rotatable bonds is 3. The van der Waals surface area contributed by atoms with Crippen molar-refractivity contribution >= 4 is 5.91 Å². The fraction of sp³-hybridized carbons (Fsp3) is 0.857. The first-order chi connectivity index (χ1) is 9.28. The molecule has 3 unspecified atom stereocenters. The molecule has 19 heavy (non-hydrogen) atoms. The van der Waals surface area contributed by atoms with Crippen LogP contribution < -0.4 is 5.32 Å². The van der Waals surface area contributed by atoms with Crippen molar-refractivity contribution in [1.82, 2.24) is 15.1 Å². The Bertz CT molecular complexity index is 383. The molecule has 1 N–H and O–H groups in total. The van der Waals surface area contributed by atoms with E-state index in [0.717, 1.165) is 39.1 Å². The van der Waals surface area contributed by atoms with Crippen LogP contribution in [0.5, 0.6) is 0 Å². The van der Waals surface area contributed by atoms with Gasteiger partial charge in [-0.15, -0.1) is 0 Å². The van der Waals surface area contributed by atoms with Gasteiger partial charge in [0.1, 0.15) is 0 Å². The first-order valence-corrected chi connectivity index (χ1v) is 7.42. The van der Waals surface area contributed by atoms with E-state index in [-0.39, 0.29) is 5.92 Å². The Balaban J connectivity index is 1.49. The van der Waals surface area contributed by atoms with Gasteiger partial charge in [0, 0.05) is 51.2 Å². The van der Waals surface area contributed by atoms with Crippen molar-refractivity contribution in [3.63, 3.8) is 0 Å². The number of hydrogen-bond donors (Lipinski definition) is 1. The van der Waals surface area contributed by atoms with Crippen LogP contribution in [0.4, 0.5) is 0 Å². The molecule has 3 atom stereocenters. The van der Waals surface area contributed by atoms with Crippen molar-refractivity contribution in [1.29, 1.82) is 5.26 Å². The van der Waals surface area contributed by atoms with Crippen LogP contribution >= 0.6 is 0 Å². The van der Waals surface area contributed by atoms with E-state index in [1.54, 1.807) is 0 Å². The van der Waals surface area contributed by atoms with Crippen LogP contribution in [0.3, 0.4) is 0 Å². The fourth-order valence-electron chi connectivity index (χ4n) is 3.73. The monoisotopic (exact) mass is 262 g/mol. The lowest BCUT2D eigenvalue weighted by Crippen LogP contribution is -2.51. The molecule has 3 fully saturated rings. The zero-order valence-corrected chi connectivity index (χ0v) is 11.3. The van der Waals surface area contributed by atoms with Crippen LogP contribution in [0.25, 0.3) is 0 Å². The smallest absolute Gasteiger partial charge is 0.227 e. The zero-order valence-electron chi connectivity index (χ0n) is 11.3. The molecule has 3 heterocycles. The lowest BCUT2D eigenvalue weighted by molar-refractivity contribution is -0.137. The fourth-order valence-corrected chi connectivity index (χ4v) is 3.73. The molecular formula is C14H22N4O. The van der Waals surface area contributed by atoms with Gasteiger partial charge in [-0.1, -0.05) is 0 Å². The summed E-state index contributed by atoms with van der Waals surface area (Å²) < 4.78 is 0. The van der Waals surface area contributed by atoms with Crippen molar-refractivity contribution in [3.8, 4) is 6.07 Å². The van der Waals surface area contributed by atoms with Gasteiger partial charge >= 0.3 is 0 Å². The zero-order chi connectivity index (χ0) is 13.2. The predicted octanol–water partition coefficient (Wildman–Crippen LogP) is 0.185. The molecule has 0 spiro atoms. The van der Waals surface area contributed by atoms with Gasteiger partial charge in [-0.25, -0.2) is 0 Å². The molecule has 5 nitrogen and oxygen atoms in total. The van der Waals surface area contributed by atoms with E-state index in [0.29, 0.717) is 24.4 Å². The van der Waals surface area contributed by atoms with E-state index in [4.69, 9.17) is 5.26 Å². The van der Waals surface area contributed by atoms with Gasteiger partial charge in [0.2, 0.25) is 5.91 Å². The SMILES string of the molecule is N#CCCN1CCN(C(=O)C2CC3CCC2N3)CC1. The molecule has 3 saturated heterocycles. The predicted molar refractivity (Wildman–Crippen MR) is 71.3 cm³/mol. The van der Waals surface area contributed by atoms with Gasteiger partial charge in [0.25, 0.3) is 0 Å². The molecule has 2 bridgehead atoms. The van der Waals surface area contributed by atoms with Crippen molar-refractivity contribution < 1.29 is 4.79 Å². The normalized spacial score (nSPS) is 34.5. The van der Waals surface area contributed by atoms with E-state index >= 15 is 0 Å². The number of hydrogen-bond acceptors (Lipinski definition) is 4. The second kappa shape index (κ2) is 5.48. The number of carbonyl (C=O) groups excluding carboxylic acids is 1. The van der Waals surface area contributed by atoms with Crippen LogP contribution in [0.1, 0.15) is 25.7 Å². The number of nitrogens with zero attached hydrogens (tertiary/aromatic N) is 3. The van der Waals surface area contributed by atoms with Crippen LogP contribution in [0.2, 0.25) is 0 Å². The molecule has 104 valence electrons. The highest BCUT2D eigenvalue weighted by Crippen LogP contribution is 2.34. The Kier molecular flexibility index (Phi) is 3.72. The summed E-state index contributed by atoms with van der Waals surface area (Å²) in [4.78, 5) is 16.8. The molecule has 5 heteroatoms. The maximum Gasteiger partial charge on any atom is 0.227 e. The molecule has 0 saturated carbocycles. The standard InChI is InChI=1S/C14H22N4O/c15-4-1-5-17-6-8-18(9-7-17)14(19)12-10-11-2-3-13(12)16-11/h11-13,16H,1-3,5-10H2. The van der Waals surface area contributed by atoms with Crippen LogP contribution in [-0.4, -0.2) is 60.5 Å². The molecule has 0 aromatic heterocycles. The molecule has 0 aliphatic carbocycles. The summed E-state index contributed by atoms with van der Waals surface area (Å²) in [7, 11) is 0. The molecule has 3 aliphatic rings. The molecule has 3 rings (SSSR count). The van der Waals surface area contributed by atoms with E-state index in [1.165, 1.54) is 12.8 Å². The maximum atomic E-state index is 12.5. The average molecular weight is 262 g/mol. The molecule has 0 radical (unpaired) electrons. The Hall–Kier alpha value is -1.12. The molecule has 3 aliphatic heterocycles. The van der Waals surface area contributed by atoms with Crippen molar-refractivity contribution in [2.24, 2.45) is 5.92 Å². The molecule has 0 aromatic rings. The number of fused-ring (bicyclic) bond motifs is 2. The Morgan fingerprint density at radius 3 is 2.63 bits per heavy atom. The second-order valence-electron chi connectivity index (χ2n) is 5.96. The van der Waals surface area contributed by atoms with Gasteiger partial charge in [-0.05, 0) is 19.3 Å². The topological polar surface area (TPSA) is 59.4 Å². The number of amides is 1. The lowest BCUT2D eigenvalue weighted by Gasteiger charge is -2.36. The van der Waals surface area contributed by atoms with Gasteiger partial charge < -0.3 is 10.2 Å². The summed E-state index contributed by atoms with van der Waals surface area (Å²) >= 11 is 0. The van der Waals surface area contributed by atoms with Crippen LogP contribution in [0.15, 0.2) is 0 Å². The Morgan fingerprint density at radius 1 is 1.26 bits per heavy atom. The minimum absolute atomic E-state index is 0.226. The summed E-state index contributed by atoms with van der Waals surface area (Å²) in [6, 6.07) is 3.21. The Labute approximate surface area is 114 Å². The largest absolute Gasteiger partial charge is 0.340 e. The van der Waals surface area contributed by atoms with Gasteiger partial charge in [0.05, 0.1) is 12.0 Å². The van der Waals surface area contributed by atoms with Crippen LogP contribution in [-0.2, 0) is 4.79 Å². The van der Waals surface area contributed by atoms with Gasteiger partial charge in [-0.3, -0.25) is 9.69 Å². The van der Waals surface area contributed by atoms with E-state index < -0.39 is 0 Å². The third-order valence-electron chi connectivity index (χ3n) is 4.84. The second-order valence-corrected chi connectivity index (χ2v) is 5.96. The Morgan fingerprint density at radius 2 is 2.05 bits per heavy atom. The van der Waals surface area contributed by atoms with Crippen molar-refractivity contribution in [2.45, 2.75) is 37.8 Å². The minimum Gasteiger partial charge on any atom is -0.340 e. The van der Waals surface area contributed by atoms with E-state index in [9.17, 15) is 4.79 Å². The number of nitrogens with one attached hydrogen (secondary N) is 1. The first-order valence-electron chi connectivity index (χ1n) is 7.42. The first kappa shape index (κ1) is 12.9. The molecule has 0 aromatic carbocycles. The van der Waals surface area contributed by atoms with Crippen LogP contribution in [0, 0.1) is 17.2 Å². The van der Waals surface area contributed by atoms with E-state index in [2.05, 4.69) is 16.3 Å². The summed E-state index contributed by atoms with van der Waals surface area (Å²) in [6.07, 6.45) is 4.04. The van der Waals surface area contributed by atoms with Gasteiger partial charge in [-0.2, -0.15) is 5.26 Å². The third kappa shape index (κ3) is 2.60. The molecule has 1 amide bonds. The maximum absolute atomic E-state index is 12.5. The summed E-state index contributed by atoms with van der Waals surface area (Å²) in [5, 5.41) is 12.1. The van der Waals surface area contributed by atoms with Crippen molar-refractivity contribution in [2.75, 3.05) is 32.7 Å². The minimum atomic E-state index is 0.226. The number of nitriles is 1. The van der Waals surface area contributed by atoms with Gasteiger partial charge in [0.15, 0.2) is 0 Å².